The van der Waals surface area contributed by atoms with Crippen LogP contribution in [0.5, 0.6) is 0 Å². The van der Waals surface area contributed by atoms with E-state index in [0.29, 0.717) is 18.4 Å². The molecule has 2 saturated carbocycles. The smallest absolute Gasteiger partial charge is 0.223 e. The summed E-state index contributed by atoms with van der Waals surface area (Å²) < 4.78 is 0. The summed E-state index contributed by atoms with van der Waals surface area (Å²) in [5.41, 5.74) is -0.506. The largest absolute Gasteiger partial charge is 0.389 e. The van der Waals surface area contributed by atoms with Gasteiger partial charge in [0.25, 0.3) is 0 Å². The predicted octanol–water partition coefficient (Wildman–Crippen LogP) is 3.79. The Labute approximate surface area is 129 Å². The second-order valence-electron chi connectivity index (χ2n) is 8.39. The number of carbonyl (C=O) groups excluding carboxylic acids is 1. The number of rotatable bonds is 3. The third-order valence-electron chi connectivity index (χ3n) is 5.50. The minimum Gasteiger partial charge on any atom is -0.389 e. The van der Waals surface area contributed by atoms with Crippen molar-refractivity contribution in [1.29, 1.82) is 0 Å². The molecule has 2 aliphatic rings. The van der Waals surface area contributed by atoms with Gasteiger partial charge in [0.15, 0.2) is 0 Å². The Morgan fingerprint density at radius 3 is 2.33 bits per heavy atom. The van der Waals surface area contributed by atoms with Gasteiger partial charge in [0.05, 0.1) is 12.0 Å². The molecule has 2 aliphatic carbocycles. The molecule has 0 bridgehead atoms. The van der Waals surface area contributed by atoms with Gasteiger partial charge in [-0.2, -0.15) is 0 Å². The highest BCUT2D eigenvalue weighted by atomic mass is 16.3. The van der Waals surface area contributed by atoms with Crippen molar-refractivity contribution in [1.82, 2.24) is 5.32 Å². The van der Waals surface area contributed by atoms with Crippen molar-refractivity contribution in [2.75, 3.05) is 0 Å². The number of aliphatic hydroxyl groups is 1. The Morgan fingerprint density at radius 2 is 1.71 bits per heavy atom. The van der Waals surface area contributed by atoms with E-state index in [-0.39, 0.29) is 11.3 Å². The summed E-state index contributed by atoms with van der Waals surface area (Å²) in [7, 11) is 0. The molecule has 0 aromatic heterocycles. The summed E-state index contributed by atoms with van der Waals surface area (Å²) in [5, 5.41) is 13.8. The lowest BCUT2D eigenvalue weighted by molar-refractivity contribution is -0.129. The van der Waals surface area contributed by atoms with Crippen LogP contribution in [0.4, 0.5) is 0 Å². The highest BCUT2D eigenvalue weighted by Gasteiger charge is 2.37. The van der Waals surface area contributed by atoms with Crippen molar-refractivity contribution in [2.45, 2.75) is 96.6 Å². The molecule has 0 spiro atoms. The fourth-order valence-corrected chi connectivity index (χ4v) is 4.28. The van der Waals surface area contributed by atoms with Gasteiger partial charge >= 0.3 is 0 Å². The number of carbonyl (C=O) groups is 1. The van der Waals surface area contributed by atoms with E-state index < -0.39 is 5.60 Å². The molecule has 2 atom stereocenters. The quantitative estimate of drug-likeness (QED) is 0.832. The maximum atomic E-state index is 12.4. The molecule has 2 fully saturated rings. The van der Waals surface area contributed by atoms with Crippen LogP contribution in [0.3, 0.4) is 0 Å². The van der Waals surface area contributed by atoms with E-state index in [9.17, 15) is 9.90 Å². The van der Waals surface area contributed by atoms with Gasteiger partial charge in [0.1, 0.15) is 0 Å². The van der Waals surface area contributed by atoms with Gasteiger partial charge in [0, 0.05) is 6.04 Å². The fourth-order valence-electron chi connectivity index (χ4n) is 4.28. The zero-order valence-corrected chi connectivity index (χ0v) is 14.1. The molecular weight excluding hydrogens is 262 g/mol. The minimum absolute atomic E-state index is 0.0561. The Kier molecular flexibility index (Phi) is 5.34. The molecular formula is C18H33NO2. The van der Waals surface area contributed by atoms with Crippen LogP contribution in [0.2, 0.25) is 0 Å². The van der Waals surface area contributed by atoms with E-state index in [4.69, 9.17) is 0 Å². The van der Waals surface area contributed by atoms with Crippen LogP contribution >= 0.6 is 0 Å². The van der Waals surface area contributed by atoms with Crippen LogP contribution < -0.4 is 5.32 Å². The van der Waals surface area contributed by atoms with E-state index in [1.54, 1.807) is 0 Å². The van der Waals surface area contributed by atoms with E-state index >= 15 is 0 Å². The van der Waals surface area contributed by atoms with E-state index in [2.05, 4.69) is 26.1 Å². The molecule has 1 amide bonds. The van der Waals surface area contributed by atoms with Crippen LogP contribution in [0, 0.1) is 11.3 Å². The number of hydrogen-bond donors (Lipinski definition) is 2. The second kappa shape index (κ2) is 6.68. The summed E-state index contributed by atoms with van der Waals surface area (Å²) in [5.74, 6) is 0.608. The summed E-state index contributed by atoms with van der Waals surface area (Å²) in [6.45, 7) is 6.82. The monoisotopic (exact) mass is 295 g/mol. The molecule has 0 saturated heterocycles. The molecule has 0 aromatic rings. The van der Waals surface area contributed by atoms with Gasteiger partial charge in [-0.3, -0.25) is 4.79 Å². The number of amides is 1. The lowest BCUT2D eigenvalue weighted by Crippen LogP contribution is -2.48. The first-order valence-electron chi connectivity index (χ1n) is 8.82. The van der Waals surface area contributed by atoms with Gasteiger partial charge < -0.3 is 10.4 Å². The lowest BCUT2D eigenvalue weighted by Gasteiger charge is -2.41. The molecule has 0 heterocycles. The zero-order chi connectivity index (χ0) is 15.5. The van der Waals surface area contributed by atoms with Crippen molar-refractivity contribution in [3.8, 4) is 0 Å². The van der Waals surface area contributed by atoms with Crippen molar-refractivity contribution >= 4 is 5.91 Å². The highest BCUT2D eigenvalue weighted by Crippen LogP contribution is 2.38. The summed E-state index contributed by atoms with van der Waals surface area (Å²) in [6, 6.07) is 0.290. The molecule has 0 unspecified atom stereocenters. The SMILES string of the molecule is CC(C)(C)[C@H]1CCCC[C@H]1NC(=O)CC1(O)CCCCC1. The molecule has 3 nitrogen and oxygen atoms in total. The van der Waals surface area contributed by atoms with Crippen molar-refractivity contribution in [2.24, 2.45) is 11.3 Å². The molecule has 0 aliphatic heterocycles. The highest BCUT2D eigenvalue weighted by molar-refractivity contribution is 5.77. The average Bonchev–Trinajstić information content (AvgIpc) is 2.38. The van der Waals surface area contributed by atoms with Crippen molar-refractivity contribution in [3.63, 3.8) is 0 Å². The topological polar surface area (TPSA) is 49.3 Å². The normalized spacial score (nSPS) is 29.9. The summed E-state index contributed by atoms with van der Waals surface area (Å²) >= 11 is 0. The Balaban J connectivity index is 1.91. The van der Waals surface area contributed by atoms with Gasteiger partial charge in [-0.25, -0.2) is 0 Å². The minimum atomic E-state index is -0.742. The molecule has 0 radical (unpaired) electrons. The Hall–Kier alpha value is -0.570. The average molecular weight is 295 g/mol. The third-order valence-corrected chi connectivity index (χ3v) is 5.50. The number of nitrogens with one attached hydrogen (secondary N) is 1. The van der Waals surface area contributed by atoms with Crippen molar-refractivity contribution in [3.05, 3.63) is 0 Å². The van der Waals surface area contributed by atoms with E-state index in [1.807, 2.05) is 0 Å². The first-order valence-corrected chi connectivity index (χ1v) is 8.82. The fraction of sp³-hybridized carbons (Fsp3) is 0.944. The van der Waals surface area contributed by atoms with Gasteiger partial charge in [-0.1, -0.05) is 52.9 Å². The molecule has 2 N–H and O–H groups in total. The molecule has 122 valence electrons. The third kappa shape index (κ3) is 4.70. The first-order chi connectivity index (χ1) is 9.80. The molecule has 0 aromatic carbocycles. The molecule has 21 heavy (non-hydrogen) atoms. The van der Waals surface area contributed by atoms with Crippen molar-refractivity contribution < 1.29 is 9.90 Å². The zero-order valence-electron chi connectivity index (χ0n) is 14.1. The molecule has 3 heteroatoms. The van der Waals surface area contributed by atoms with Crippen LogP contribution in [-0.4, -0.2) is 22.7 Å². The van der Waals surface area contributed by atoms with Crippen LogP contribution in [0.15, 0.2) is 0 Å². The summed E-state index contributed by atoms with van der Waals surface area (Å²) in [4.78, 5) is 12.4. The predicted molar refractivity (Wildman–Crippen MR) is 86.0 cm³/mol. The number of hydrogen-bond acceptors (Lipinski definition) is 2. The Morgan fingerprint density at radius 1 is 1.10 bits per heavy atom. The van der Waals surface area contributed by atoms with Gasteiger partial charge in [-0.15, -0.1) is 0 Å². The lowest BCUT2D eigenvalue weighted by atomic mass is 9.69. The van der Waals surface area contributed by atoms with Gasteiger partial charge in [-0.05, 0) is 37.0 Å². The first kappa shape index (κ1) is 16.8. The van der Waals surface area contributed by atoms with E-state index in [0.717, 1.165) is 32.1 Å². The standard InChI is InChI=1S/C18H33NO2/c1-17(2,3)14-9-5-6-10-15(14)19-16(20)13-18(21)11-7-4-8-12-18/h14-15,21H,4-13H2,1-3H3,(H,19,20)/t14-,15+/m0/s1. The second-order valence-corrected chi connectivity index (χ2v) is 8.39. The maximum Gasteiger partial charge on any atom is 0.223 e. The van der Waals surface area contributed by atoms with Crippen LogP contribution in [0.25, 0.3) is 0 Å². The van der Waals surface area contributed by atoms with E-state index in [1.165, 1.54) is 25.7 Å². The summed E-state index contributed by atoms with van der Waals surface area (Å²) in [6.07, 6.45) is 9.95. The molecule has 2 rings (SSSR count). The van der Waals surface area contributed by atoms with Crippen LogP contribution in [0.1, 0.15) is 85.0 Å². The van der Waals surface area contributed by atoms with Crippen LogP contribution in [-0.2, 0) is 4.79 Å². The van der Waals surface area contributed by atoms with Gasteiger partial charge in [0.2, 0.25) is 5.91 Å². The maximum absolute atomic E-state index is 12.4. The Bertz CT molecular complexity index is 353.